The van der Waals surface area contributed by atoms with Gasteiger partial charge in [-0.2, -0.15) is 0 Å². The molecule has 0 aromatic heterocycles. The van der Waals surface area contributed by atoms with Crippen LogP contribution in [0, 0.1) is 5.41 Å². The van der Waals surface area contributed by atoms with Crippen LogP contribution in [0.25, 0.3) is 0 Å². The number of carbonyl (C=O) groups excluding carboxylic acids is 1. The highest BCUT2D eigenvalue weighted by molar-refractivity contribution is 9.09. The summed E-state index contributed by atoms with van der Waals surface area (Å²) in [5, 5.41) is 0.513. The number of primary amides is 1. The molecule has 0 radical (unpaired) electrons. The fraction of sp³-hybridized carbons (Fsp3) is 0.800. The summed E-state index contributed by atoms with van der Waals surface area (Å²) in [6.07, 6.45) is 0. The topological polar surface area (TPSA) is 43.1 Å². The van der Waals surface area contributed by atoms with Crippen molar-refractivity contribution >= 4 is 33.4 Å². The second kappa shape index (κ2) is 3.42. The average molecular weight is 214 g/mol. The maximum atomic E-state index is 10.6. The molecule has 1 amide bonds. The standard InChI is InChI=1S/C5H9BrClNO/c1-5(2-6,3-7)4(8)9/h2-3H2,1H3,(H2,8,9). The third-order valence-electron chi connectivity index (χ3n) is 1.18. The Morgan fingerprint density at radius 2 is 2.33 bits per heavy atom. The Balaban J connectivity index is 4.09. The lowest BCUT2D eigenvalue weighted by Gasteiger charge is -2.18. The molecule has 9 heavy (non-hydrogen) atoms. The first-order valence-electron chi connectivity index (χ1n) is 2.48. The zero-order valence-corrected chi connectivity index (χ0v) is 7.50. The van der Waals surface area contributed by atoms with Crippen molar-refractivity contribution in [2.75, 3.05) is 11.2 Å². The molecule has 0 aromatic rings. The number of amides is 1. The van der Waals surface area contributed by atoms with Gasteiger partial charge in [-0.1, -0.05) is 15.9 Å². The molecule has 1 atom stereocenters. The van der Waals surface area contributed by atoms with E-state index in [1.54, 1.807) is 6.92 Å². The molecular formula is C5H9BrClNO. The number of halogens is 2. The van der Waals surface area contributed by atoms with Crippen molar-refractivity contribution in [3.63, 3.8) is 0 Å². The zero-order chi connectivity index (χ0) is 7.49. The maximum absolute atomic E-state index is 10.6. The molecule has 1 unspecified atom stereocenters. The highest BCUT2D eigenvalue weighted by Crippen LogP contribution is 2.19. The smallest absolute Gasteiger partial charge is 0.225 e. The number of rotatable bonds is 3. The van der Waals surface area contributed by atoms with Gasteiger partial charge in [-0.25, -0.2) is 0 Å². The summed E-state index contributed by atoms with van der Waals surface area (Å²) in [7, 11) is 0. The first-order valence-corrected chi connectivity index (χ1v) is 4.14. The molecule has 0 saturated carbocycles. The summed E-state index contributed by atoms with van der Waals surface area (Å²) < 4.78 is 0. The van der Waals surface area contributed by atoms with Crippen LogP contribution in [0.15, 0.2) is 0 Å². The molecule has 0 fully saturated rings. The van der Waals surface area contributed by atoms with E-state index in [-0.39, 0.29) is 11.8 Å². The van der Waals surface area contributed by atoms with E-state index in [0.29, 0.717) is 5.33 Å². The molecule has 0 heterocycles. The molecule has 2 nitrogen and oxygen atoms in total. The number of alkyl halides is 2. The summed E-state index contributed by atoms with van der Waals surface area (Å²) in [6, 6.07) is 0. The van der Waals surface area contributed by atoms with Gasteiger partial charge in [0.15, 0.2) is 0 Å². The number of hydrogen-bond donors (Lipinski definition) is 1. The summed E-state index contributed by atoms with van der Waals surface area (Å²) >= 11 is 8.62. The zero-order valence-electron chi connectivity index (χ0n) is 5.16. The predicted octanol–water partition coefficient (Wildman–Crippen LogP) is 1.11. The van der Waals surface area contributed by atoms with Crippen LogP contribution >= 0.6 is 27.5 Å². The van der Waals surface area contributed by atoms with Gasteiger partial charge in [0, 0.05) is 11.2 Å². The van der Waals surface area contributed by atoms with Crippen LogP contribution in [0.2, 0.25) is 0 Å². The lowest BCUT2D eigenvalue weighted by molar-refractivity contribution is -0.124. The number of nitrogens with two attached hydrogens (primary N) is 1. The molecule has 0 saturated heterocycles. The van der Waals surface area contributed by atoms with Crippen LogP contribution in [0.1, 0.15) is 6.92 Å². The molecule has 0 aliphatic carbocycles. The summed E-state index contributed by atoms with van der Waals surface area (Å²) in [5.41, 5.74) is 4.44. The molecular weight excluding hydrogens is 205 g/mol. The van der Waals surface area contributed by atoms with E-state index in [1.807, 2.05) is 0 Å². The molecule has 0 aromatic carbocycles. The molecule has 0 rings (SSSR count). The molecule has 0 bridgehead atoms. The molecule has 54 valence electrons. The first kappa shape index (κ1) is 9.24. The molecule has 0 aliphatic rings. The van der Waals surface area contributed by atoms with Gasteiger partial charge in [-0.05, 0) is 6.92 Å². The lowest BCUT2D eigenvalue weighted by Crippen LogP contribution is -2.37. The van der Waals surface area contributed by atoms with E-state index >= 15 is 0 Å². The highest BCUT2D eigenvalue weighted by atomic mass is 79.9. The highest BCUT2D eigenvalue weighted by Gasteiger charge is 2.28. The van der Waals surface area contributed by atoms with Crippen molar-refractivity contribution in [2.24, 2.45) is 11.1 Å². The van der Waals surface area contributed by atoms with E-state index in [0.717, 1.165) is 0 Å². The number of carbonyl (C=O) groups is 1. The van der Waals surface area contributed by atoms with E-state index in [1.165, 1.54) is 0 Å². The average Bonchev–Trinajstić information content (AvgIpc) is 1.86. The van der Waals surface area contributed by atoms with Crippen LogP contribution in [0.5, 0.6) is 0 Å². The Bertz CT molecular complexity index is 114. The summed E-state index contributed by atoms with van der Waals surface area (Å²) in [4.78, 5) is 10.6. The second-order valence-corrected chi connectivity index (χ2v) is 3.02. The molecule has 0 spiro atoms. The SMILES string of the molecule is CC(CCl)(CBr)C(N)=O. The van der Waals surface area contributed by atoms with Crippen LogP contribution in [0.4, 0.5) is 0 Å². The van der Waals surface area contributed by atoms with Crippen LogP contribution in [-0.4, -0.2) is 17.1 Å². The van der Waals surface area contributed by atoms with E-state index < -0.39 is 5.41 Å². The normalized spacial score (nSPS) is 16.8. The van der Waals surface area contributed by atoms with Crippen molar-refractivity contribution in [1.82, 2.24) is 0 Å². The third-order valence-corrected chi connectivity index (χ3v) is 3.01. The van der Waals surface area contributed by atoms with Crippen LogP contribution in [-0.2, 0) is 4.79 Å². The Hall–Kier alpha value is 0.240. The fourth-order valence-corrected chi connectivity index (χ4v) is 1.10. The summed E-state index contributed by atoms with van der Waals surface area (Å²) in [5.74, 6) is -0.109. The van der Waals surface area contributed by atoms with Crippen molar-refractivity contribution in [2.45, 2.75) is 6.92 Å². The second-order valence-electron chi connectivity index (χ2n) is 2.19. The molecule has 2 N–H and O–H groups in total. The van der Waals surface area contributed by atoms with Gasteiger partial charge in [0.1, 0.15) is 0 Å². The molecule has 0 aliphatic heterocycles. The molecule has 4 heteroatoms. The Morgan fingerprint density at radius 3 is 2.33 bits per heavy atom. The lowest BCUT2D eigenvalue weighted by atomic mass is 9.96. The van der Waals surface area contributed by atoms with Gasteiger partial charge in [-0.15, -0.1) is 11.6 Å². The van der Waals surface area contributed by atoms with Gasteiger partial charge < -0.3 is 5.73 Å². The number of hydrogen-bond acceptors (Lipinski definition) is 1. The van der Waals surface area contributed by atoms with E-state index in [4.69, 9.17) is 17.3 Å². The van der Waals surface area contributed by atoms with Gasteiger partial charge in [0.25, 0.3) is 0 Å². The van der Waals surface area contributed by atoms with Crippen molar-refractivity contribution < 1.29 is 4.79 Å². The maximum Gasteiger partial charge on any atom is 0.225 e. The Morgan fingerprint density at radius 1 is 1.89 bits per heavy atom. The third kappa shape index (κ3) is 2.14. The Kier molecular flexibility index (Phi) is 3.51. The van der Waals surface area contributed by atoms with Crippen molar-refractivity contribution in [1.29, 1.82) is 0 Å². The van der Waals surface area contributed by atoms with Gasteiger partial charge in [-0.3, -0.25) is 4.79 Å². The van der Waals surface area contributed by atoms with E-state index in [2.05, 4.69) is 15.9 Å². The van der Waals surface area contributed by atoms with E-state index in [9.17, 15) is 4.79 Å². The minimum atomic E-state index is -0.596. The van der Waals surface area contributed by atoms with Crippen LogP contribution in [0.3, 0.4) is 0 Å². The van der Waals surface area contributed by atoms with Crippen LogP contribution < -0.4 is 5.73 Å². The van der Waals surface area contributed by atoms with Gasteiger partial charge in [0.2, 0.25) is 5.91 Å². The van der Waals surface area contributed by atoms with Crippen molar-refractivity contribution in [3.8, 4) is 0 Å². The predicted molar refractivity (Wildman–Crippen MR) is 41.8 cm³/mol. The first-order chi connectivity index (χ1) is 4.06. The quantitative estimate of drug-likeness (QED) is 0.703. The van der Waals surface area contributed by atoms with Gasteiger partial charge in [0.05, 0.1) is 5.41 Å². The van der Waals surface area contributed by atoms with Crippen molar-refractivity contribution in [3.05, 3.63) is 0 Å². The minimum absolute atomic E-state index is 0.258. The minimum Gasteiger partial charge on any atom is -0.369 e. The fourth-order valence-electron chi connectivity index (χ4n) is 0.167. The Labute approximate surface area is 67.9 Å². The monoisotopic (exact) mass is 213 g/mol. The largest absolute Gasteiger partial charge is 0.369 e. The van der Waals surface area contributed by atoms with Gasteiger partial charge >= 0.3 is 0 Å². The summed E-state index contributed by atoms with van der Waals surface area (Å²) in [6.45, 7) is 1.72.